The summed E-state index contributed by atoms with van der Waals surface area (Å²) < 4.78 is 11.5. The number of thioether (sulfide) groups is 1. The maximum Gasteiger partial charge on any atom is 0.271 e. The highest BCUT2D eigenvalue weighted by Gasteiger charge is 2.34. The number of anilines is 2. The summed E-state index contributed by atoms with van der Waals surface area (Å²) >= 11 is 6.78. The third kappa shape index (κ3) is 5.65. The van der Waals surface area contributed by atoms with Gasteiger partial charge in [0.05, 0.1) is 22.6 Å². The quantitative estimate of drug-likeness (QED) is 0.116. The molecule has 0 aromatic heterocycles. The maximum atomic E-state index is 13.4. The van der Waals surface area contributed by atoms with Crippen LogP contribution in [0.2, 0.25) is 0 Å². The third-order valence-corrected chi connectivity index (χ3v) is 7.29. The molecular formula is C29H21N3O6S2. The largest absolute Gasteiger partial charge is 0.493 e. The van der Waals surface area contributed by atoms with E-state index in [2.05, 4.69) is 5.32 Å². The molecule has 0 spiro atoms. The topological polar surface area (TPSA) is 111 Å². The van der Waals surface area contributed by atoms with Gasteiger partial charge in [0.25, 0.3) is 17.5 Å². The number of hydrogen-bond donors (Lipinski definition) is 1. The van der Waals surface area contributed by atoms with Crippen LogP contribution in [0.15, 0.2) is 89.8 Å². The van der Waals surface area contributed by atoms with Crippen molar-refractivity contribution < 1.29 is 24.0 Å². The maximum absolute atomic E-state index is 13.4. The monoisotopic (exact) mass is 571 g/mol. The van der Waals surface area contributed by atoms with E-state index in [0.29, 0.717) is 26.3 Å². The SMILES string of the molecule is COc1cc(/C=C2/SC(=S)N(c3cccc4ccccc34)C2=O)ccc1OCC(=O)Nc1cccc([N+](=O)[O-])c1. The Kier molecular flexibility index (Phi) is 7.76. The van der Waals surface area contributed by atoms with Gasteiger partial charge >= 0.3 is 0 Å². The number of non-ortho nitro benzene ring substituents is 1. The molecule has 11 heteroatoms. The molecule has 1 heterocycles. The number of nitro groups is 1. The number of rotatable bonds is 8. The van der Waals surface area contributed by atoms with Crippen LogP contribution < -0.4 is 19.7 Å². The van der Waals surface area contributed by atoms with Gasteiger partial charge in [-0.25, -0.2) is 0 Å². The number of nitrogens with one attached hydrogen (secondary N) is 1. The van der Waals surface area contributed by atoms with Gasteiger partial charge in [-0.3, -0.25) is 24.6 Å². The van der Waals surface area contributed by atoms with Gasteiger partial charge in [0.1, 0.15) is 0 Å². The molecule has 4 aromatic rings. The van der Waals surface area contributed by atoms with E-state index in [4.69, 9.17) is 21.7 Å². The molecule has 0 bridgehead atoms. The zero-order valence-electron chi connectivity index (χ0n) is 21.0. The molecule has 1 saturated heterocycles. The molecule has 4 aromatic carbocycles. The summed E-state index contributed by atoms with van der Waals surface area (Å²) in [5.74, 6) is -0.0363. The van der Waals surface area contributed by atoms with Crippen LogP contribution >= 0.6 is 24.0 Å². The van der Waals surface area contributed by atoms with E-state index in [0.717, 1.165) is 16.5 Å². The van der Waals surface area contributed by atoms with Gasteiger partial charge in [0.15, 0.2) is 22.4 Å². The lowest BCUT2D eigenvalue weighted by Gasteiger charge is -2.17. The molecule has 1 aliphatic heterocycles. The first-order chi connectivity index (χ1) is 19.3. The lowest BCUT2D eigenvalue weighted by molar-refractivity contribution is -0.384. The Labute approximate surface area is 238 Å². The Bertz CT molecular complexity index is 1700. The molecular weight excluding hydrogens is 550 g/mol. The van der Waals surface area contributed by atoms with Crippen molar-refractivity contribution in [2.75, 3.05) is 23.9 Å². The fourth-order valence-corrected chi connectivity index (χ4v) is 5.45. The summed E-state index contributed by atoms with van der Waals surface area (Å²) in [4.78, 5) is 38.1. The highest BCUT2D eigenvalue weighted by molar-refractivity contribution is 8.27. The molecule has 1 N–H and O–H groups in total. The molecule has 0 saturated carbocycles. The predicted octanol–water partition coefficient (Wildman–Crippen LogP) is 6.18. The minimum atomic E-state index is -0.541. The lowest BCUT2D eigenvalue weighted by atomic mass is 10.1. The Balaban J connectivity index is 1.30. The normalized spacial score (nSPS) is 14.0. The standard InChI is InChI=1S/C29H21N3O6S2/c1-37-25-14-18(12-13-24(25)38-17-27(33)30-20-8-5-9-21(16-20)32(35)36)15-26-28(34)31(29(39)40-26)23-11-4-7-19-6-2-3-10-22(19)23/h2-16H,17H2,1H3,(H,30,33)/b26-15+. The molecule has 0 aliphatic carbocycles. The number of ether oxygens (including phenoxy) is 2. The second kappa shape index (κ2) is 11.6. The van der Waals surface area contributed by atoms with Gasteiger partial charge in [-0.05, 0) is 41.3 Å². The molecule has 0 unspecified atom stereocenters. The van der Waals surface area contributed by atoms with Gasteiger partial charge in [0.2, 0.25) is 0 Å². The van der Waals surface area contributed by atoms with Crippen molar-refractivity contribution in [1.29, 1.82) is 0 Å². The predicted molar refractivity (Wildman–Crippen MR) is 160 cm³/mol. The van der Waals surface area contributed by atoms with Gasteiger partial charge < -0.3 is 14.8 Å². The van der Waals surface area contributed by atoms with Gasteiger partial charge in [-0.1, -0.05) is 72.5 Å². The molecule has 40 heavy (non-hydrogen) atoms. The summed E-state index contributed by atoms with van der Waals surface area (Å²) in [7, 11) is 1.47. The van der Waals surface area contributed by atoms with Crippen molar-refractivity contribution in [2.45, 2.75) is 0 Å². The minimum absolute atomic E-state index is 0.134. The van der Waals surface area contributed by atoms with Crippen LogP contribution in [0.1, 0.15) is 5.56 Å². The van der Waals surface area contributed by atoms with Crippen LogP contribution in [0.4, 0.5) is 17.1 Å². The molecule has 1 fully saturated rings. The van der Waals surface area contributed by atoms with E-state index >= 15 is 0 Å². The zero-order chi connectivity index (χ0) is 28.2. The number of nitrogens with zero attached hydrogens (tertiary/aromatic N) is 2. The van der Waals surface area contributed by atoms with Gasteiger partial charge in [-0.2, -0.15) is 0 Å². The number of nitro benzene ring substituents is 1. The summed E-state index contributed by atoms with van der Waals surface area (Å²) in [6, 6.07) is 24.3. The number of benzene rings is 4. The van der Waals surface area contributed by atoms with Crippen molar-refractivity contribution in [3.63, 3.8) is 0 Å². The molecule has 0 atom stereocenters. The number of hydrogen-bond acceptors (Lipinski definition) is 8. The van der Waals surface area contributed by atoms with Crippen molar-refractivity contribution >= 4 is 74.0 Å². The van der Waals surface area contributed by atoms with Crippen LogP contribution in [0.25, 0.3) is 16.8 Å². The Morgan fingerprint density at radius 3 is 2.62 bits per heavy atom. The first-order valence-electron chi connectivity index (χ1n) is 11.9. The van der Waals surface area contributed by atoms with Crippen molar-refractivity contribution in [1.82, 2.24) is 0 Å². The van der Waals surface area contributed by atoms with Crippen LogP contribution in [0.5, 0.6) is 11.5 Å². The fourth-order valence-electron chi connectivity index (χ4n) is 4.16. The van der Waals surface area contributed by atoms with Crippen molar-refractivity contribution in [3.05, 3.63) is 106 Å². The van der Waals surface area contributed by atoms with Crippen LogP contribution in [0.3, 0.4) is 0 Å². The van der Waals surface area contributed by atoms with E-state index in [-0.39, 0.29) is 23.9 Å². The van der Waals surface area contributed by atoms with Gasteiger partial charge in [-0.15, -0.1) is 0 Å². The first kappa shape index (κ1) is 26.9. The lowest BCUT2D eigenvalue weighted by Crippen LogP contribution is -2.27. The molecule has 200 valence electrons. The number of carbonyl (C=O) groups excluding carboxylic acids is 2. The summed E-state index contributed by atoms with van der Waals surface area (Å²) in [6.45, 7) is -0.345. The van der Waals surface area contributed by atoms with Crippen LogP contribution in [-0.4, -0.2) is 34.8 Å². The second-order valence-corrected chi connectivity index (χ2v) is 10.2. The van der Waals surface area contributed by atoms with E-state index in [1.165, 1.54) is 37.1 Å². The van der Waals surface area contributed by atoms with Crippen molar-refractivity contribution in [2.24, 2.45) is 0 Å². The average molecular weight is 572 g/mol. The third-order valence-electron chi connectivity index (χ3n) is 5.99. The van der Waals surface area contributed by atoms with E-state index in [1.807, 2.05) is 42.5 Å². The fraction of sp³-hybridized carbons (Fsp3) is 0.0690. The smallest absolute Gasteiger partial charge is 0.271 e. The van der Waals surface area contributed by atoms with E-state index in [9.17, 15) is 19.7 Å². The summed E-state index contributed by atoms with van der Waals surface area (Å²) in [6.07, 6.45) is 1.73. The zero-order valence-corrected chi connectivity index (χ0v) is 22.7. The van der Waals surface area contributed by atoms with Crippen LogP contribution in [-0.2, 0) is 9.59 Å². The Hall–Kier alpha value is -4.74. The number of amides is 2. The highest BCUT2D eigenvalue weighted by Crippen LogP contribution is 2.39. The molecule has 5 rings (SSSR count). The minimum Gasteiger partial charge on any atom is -0.493 e. The molecule has 9 nitrogen and oxygen atoms in total. The van der Waals surface area contributed by atoms with Crippen LogP contribution in [0, 0.1) is 10.1 Å². The number of thiocarbonyl (C=S) groups is 1. The van der Waals surface area contributed by atoms with E-state index in [1.54, 1.807) is 35.2 Å². The number of fused-ring (bicyclic) bond motifs is 1. The molecule has 1 aliphatic rings. The van der Waals surface area contributed by atoms with Crippen molar-refractivity contribution in [3.8, 4) is 11.5 Å². The Morgan fingerprint density at radius 1 is 1.05 bits per heavy atom. The Morgan fingerprint density at radius 2 is 1.82 bits per heavy atom. The summed E-state index contributed by atoms with van der Waals surface area (Å²) in [5.41, 5.74) is 1.56. The highest BCUT2D eigenvalue weighted by atomic mass is 32.2. The first-order valence-corrected chi connectivity index (χ1v) is 13.2. The molecule has 2 amide bonds. The summed E-state index contributed by atoms with van der Waals surface area (Å²) in [5, 5.41) is 15.4. The molecule has 0 radical (unpaired) electrons. The average Bonchev–Trinajstić information content (AvgIpc) is 3.23. The van der Waals surface area contributed by atoms with E-state index < -0.39 is 10.8 Å². The number of methoxy groups -OCH3 is 1. The van der Waals surface area contributed by atoms with Gasteiger partial charge in [0, 0.05) is 23.2 Å². The second-order valence-electron chi connectivity index (χ2n) is 8.57. The number of carbonyl (C=O) groups is 2.